The van der Waals surface area contributed by atoms with Gasteiger partial charge >= 0.3 is 0 Å². The SMILES string of the molecule is CCCN1CCN(C(=O)c2ccc(C)s2)CC(Cc2ccc(-c3cccnc3)cc2)C1=O. The van der Waals surface area contributed by atoms with Crippen molar-refractivity contribution >= 4 is 23.2 Å². The lowest BCUT2D eigenvalue weighted by atomic mass is 9.96. The minimum Gasteiger partial charge on any atom is -0.341 e. The number of carbonyl (C=O) groups excluding carboxylic acids is 2. The van der Waals surface area contributed by atoms with E-state index >= 15 is 0 Å². The zero-order valence-electron chi connectivity index (χ0n) is 18.7. The van der Waals surface area contributed by atoms with E-state index in [2.05, 4.69) is 36.2 Å². The van der Waals surface area contributed by atoms with E-state index in [-0.39, 0.29) is 17.7 Å². The summed E-state index contributed by atoms with van der Waals surface area (Å²) in [6.45, 7) is 6.46. The third-order valence-electron chi connectivity index (χ3n) is 5.90. The molecule has 1 atom stereocenters. The lowest BCUT2D eigenvalue weighted by Crippen LogP contribution is -2.38. The van der Waals surface area contributed by atoms with Crippen LogP contribution >= 0.6 is 11.3 Å². The number of benzene rings is 1. The third kappa shape index (κ3) is 5.07. The molecule has 0 N–H and O–H groups in total. The second-order valence-corrected chi connectivity index (χ2v) is 9.61. The summed E-state index contributed by atoms with van der Waals surface area (Å²) < 4.78 is 0. The zero-order valence-corrected chi connectivity index (χ0v) is 19.5. The Morgan fingerprint density at radius 2 is 1.91 bits per heavy atom. The Kier molecular flexibility index (Phi) is 7.00. The number of pyridine rings is 1. The lowest BCUT2D eigenvalue weighted by molar-refractivity contribution is -0.134. The summed E-state index contributed by atoms with van der Waals surface area (Å²) in [5, 5.41) is 0. The summed E-state index contributed by atoms with van der Waals surface area (Å²) in [5.74, 6) is -0.0506. The van der Waals surface area contributed by atoms with Crippen LogP contribution in [0.25, 0.3) is 11.1 Å². The number of amides is 2. The molecule has 3 aromatic rings. The molecule has 0 saturated carbocycles. The first-order chi connectivity index (χ1) is 15.5. The van der Waals surface area contributed by atoms with Crippen molar-refractivity contribution in [2.24, 2.45) is 5.92 Å². The van der Waals surface area contributed by atoms with Crippen LogP contribution in [0.4, 0.5) is 0 Å². The van der Waals surface area contributed by atoms with Gasteiger partial charge in [0.05, 0.1) is 10.8 Å². The first-order valence-corrected chi connectivity index (χ1v) is 12.0. The maximum absolute atomic E-state index is 13.3. The predicted molar refractivity (Wildman–Crippen MR) is 129 cm³/mol. The molecule has 1 aromatic carbocycles. The van der Waals surface area contributed by atoms with E-state index in [1.165, 1.54) is 11.3 Å². The Hall–Kier alpha value is -2.99. The van der Waals surface area contributed by atoms with E-state index in [1.807, 2.05) is 47.2 Å². The quantitative estimate of drug-likeness (QED) is 0.552. The van der Waals surface area contributed by atoms with Gasteiger partial charge < -0.3 is 9.80 Å². The number of hydrogen-bond donors (Lipinski definition) is 0. The van der Waals surface area contributed by atoms with Crippen LogP contribution in [0.1, 0.15) is 33.5 Å². The molecule has 2 amide bonds. The second kappa shape index (κ2) is 10.1. The van der Waals surface area contributed by atoms with Crippen molar-refractivity contribution in [2.45, 2.75) is 26.7 Å². The molecule has 1 aliphatic heterocycles. The smallest absolute Gasteiger partial charge is 0.264 e. The van der Waals surface area contributed by atoms with Gasteiger partial charge in [-0.05, 0) is 54.7 Å². The molecular weight excluding hydrogens is 418 g/mol. The van der Waals surface area contributed by atoms with Gasteiger partial charge in [-0.1, -0.05) is 37.3 Å². The standard InChI is InChI=1S/C26H29N3O2S/c1-3-13-28-14-15-29(26(31)24-11-6-19(2)32-24)18-23(25(28)30)16-20-7-9-21(10-8-20)22-5-4-12-27-17-22/h4-12,17,23H,3,13-16,18H2,1-2H3. The number of rotatable bonds is 6. The monoisotopic (exact) mass is 447 g/mol. The van der Waals surface area contributed by atoms with Crippen LogP contribution in [-0.2, 0) is 11.2 Å². The van der Waals surface area contributed by atoms with E-state index < -0.39 is 0 Å². The molecular formula is C26H29N3O2S. The molecule has 32 heavy (non-hydrogen) atoms. The number of hydrogen-bond acceptors (Lipinski definition) is 4. The second-order valence-electron chi connectivity index (χ2n) is 8.33. The Morgan fingerprint density at radius 3 is 2.56 bits per heavy atom. The fraction of sp³-hybridized carbons (Fsp3) is 0.346. The number of aromatic nitrogens is 1. The van der Waals surface area contributed by atoms with Crippen LogP contribution in [0.5, 0.6) is 0 Å². The van der Waals surface area contributed by atoms with Gasteiger partial charge in [-0.2, -0.15) is 0 Å². The highest BCUT2D eigenvalue weighted by molar-refractivity contribution is 7.13. The van der Waals surface area contributed by atoms with Gasteiger partial charge in [-0.15, -0.1) is 11.3 Å². The molecule has 6 heteroatoms. The number of nitrogens with zero attached hydrogens (tertiary/aromatic N) is 3. The summed E-state index contributed by atoms with van der Waals surface area (Å²) in [6.07, 6.45) is 5.15. The predicted octanol–water partition coefficient (Wildman–Crippen LogP) is 4.67. The summed E-state index contributed by atoms with van der Waals surface area (Å²) >= 11 is 1.52. The van der Waals surface area contributed by atoms with Crippen LogP contribution in [-0.4, -0.2) is 52.8 Å². The molecule has 0 spiro atoms. The van der Waals surface area contributed by atoms with Crippen LogP contribution in [0.2, 0.25) is 0 Å². The maximum atomic E-state index is 13.3. The highest BCUT2D eigenvalue weighted by atomic mass is 32.1. The number of aryl methyl sites for hydroxylation is 1. The largest absolute Gasteiger partial charge is 0.341 e. The van der Waals surface area contributed by atoms with Crippen molar-refractivity contribution in [2.75, 3.05) is 26.2 Å². The molecule has 5 nitrogen and oxygen atoms in total. The van der Waals surface area contributed by atoms with Crippen LogP contribution < -0.4 is 0 Å². The van der Waals surface area contributed by atoms with Crippen LogP contribution in [0.15, 0.2) is 60.9 Å². The molecule has 0 bridgehead atoms. The molecule has 0 radical (unpaired) electrons. The molecule has 1 saturated heterocycles. The van der Waals surface area contributed by atoms with Crippen LogP contribution in [0, 0.1) is 12.8 Å². The van der Waals surface area contributed by atoms with E-state index in [9.17, 15) is 9.59 Å². The first kappa shape index (κ1) is 22.2. The summed E-state index contributed by atoms with van der Waals surface area (Å²) in [5.41, 5.74) is 3.28. The minimum absolute atomic E-state index is 0.0335. The first-order valence-electron chi connectivity index (χ1n) is 11.2. The number of thiophene rings is 1. The van der Waals surface area contributed by atoms with E-state index in [1.54, 1.807) is 6.20 Å². The normalized spacial score (nSPS) is 16.8. The van der Waals surface area contributed by atoms with Gasteiger partial charge in [0, 0.05) is 43.4 Å². The van der Waals surface area contributed by atoms with Gasteiger partial charge in [-0.3, -0.25) is 14.6 Å². The van der Waals surface area contributed by atoms with Crippen molar-refractivity contribution in [1.82, 2.24) is 14.8 Å². The van der Waals surface area contributed by atoms with E-state index in [0.717, 1.165) is 39.4 Å². The Balaban J connectivity index is 1.53. The van der Waals surface area contributed by atoms with E-state index in [0.29, 0.717) is 26.1 Å². The molecule has 0 aliphatic carbocycles. The van der Waals surface area contributed by atoms with Gasteiger partial charge in [-0.25, -0.2) is 0 Å². The Bertz CT molecular complexity index is 1060. The highest BCUT2D eigenvalue weighted by Gasteiger charge is 2.32. The summed E-state index contributed by atoms with van der Waals surface area (Å²) in [4.78, 5) is 36.3. The zero-order chi connectivity index (χ0) is 22.5. The topological polar surface area (TPSA) is 53.5 Å². The third-order valence-corrected chi connectivity index (χ3v) is 6.89. The fourth-order valence-corrected chi connectivity index (χ4v) is 5.07. The number of carbonyl (C=O) groups is 2. The van der Waals surface area contributed by atoms with Crippen LogP contribution in [0.3, 0.4) is 0 Å². The molecule has 1 fully saturated rings. The fourth-order valence-electron chi connectivity index (χ4n) is 4.23. The average Bonchev–Trinajstić information content (AvgIpc) is 3.20. The van der Waals surface area contributed by atoms with Crippen molar-refractivity contribution < 1.29 is 9.59 Å². The maximum Gasteiger partial charge on any atom is 0.264 e. The lowest BCUT2D eigenvalue weighted by Gasteiger charge is -2.23. The molecule has 166 valence electrons. The Morgan fingerprint density at radius 1 is 1.09 bits per heavy atom. The van der Waals surface area contributed by atoms with E-state index in [4.69, 9.17) is 0 Å². The van der Waals surface area contributed by atoms with Crippen molar-refractivity contribution in [3.63, 3.8) is 0 Å². The summed E-state index contributed by atoms with van der Waals surface area (Å²) in [7, 11) is 0. The molecule has 4 rings (SSSR count). The Labute approximate surface area is 193 Å². The molecule has 2 aromatic heterocycles. The van der Waals surface area contributed by atoms with Crippen molar-refractivity contribution in [3.05, 3.63) is 76.2 Å². The molecule has 1 aliphatic rings. The molecule has 1 unspecified atom stereocenters. The van der Waals surface area contributed by atoms with Crippen molar-refractivity contribution in [1.29, 1.82) is 0 Å². The molecule has 3 heterocycles. The average molecular weight is 448 g/mol. The minimum atomic E-state index is -0.238. The van der Waals surface area contributed by atoms with Crippen molar-refractivity contribution in [3.8, 4) is 11.1 Å². The highest BCUT2D eigenvalue weighted by Crippen LogP contribution is 2.24. The van der Waals surface area contributed by atoms with Gasteiger partial charge in [0.2, 0.25) is 5.91 Å². The van der Waals surface area contributed by atoms with Gasteiger partial charge in [0.15, 0.2) is 0 Å². The van der Waals surface area contributed by atoms with Gasteiger partial charge in [0.25, 0.3) is 5.91 Å². The summed E-state index contributed by atoms with van der Waals surface area (Å²) in [6, 6.07) is 16.2. The van der Waals surface area contributed by atoms with Gasteiger partial charge in [0.1, 0.15) is 0 Å².